The highest BCUT2D eigenvalue weighted by Crippen LogP contribution is 2.65. The van der Waals surface area contributed by atoms with Crippen molar-refractivity contribution in [3.63, 3.8) is 0 Å². The molecule has 2 heterocycles. The summed E-state index contributed by atoms with van der Waals surface area (Å²) in [5.74, 6) is -4.06. The molecule has 2 aliphatic carbocycles. The van der Waals surface area contributed by atoms with Crippen LogP contribution in [0.25, 0.3) is 0 Å². The molecule has 5 rings (SSSR count). The number of hydroxylamine groups is 2. The van der Waals surface area contributed by atoms with E-state index < -0.39 is 62.5 Å². The molecular formula is C25H20Cl2N4O6. The van der Waals surface area contributed by atoms with Crippen molar-refractivity contribution in [3.8, 4) is 17.9 Å². The van der Waals surface area contributed by atoms with Crippen molar-refractivity contribution < 1.29 is 28.8 Å². The molecule has 1 aromatic rings. The fraction of sp³-hybridized carbons (Fsp3) is 0.360. The maximum atomic E-state index is 13.8. The molecule has 2 amide bonds. The second-order valence-electron chi connectivity index (χ2n) is 8.73. The van der Waals surface area contributed by atoms with Crippen LogP contribution < -0.4 is 4.74 Å². The summed E-state index contributed by atoms with van der Waals surface area (Å²) in [6.07, 6.45) is 0.561. The third-order valence-electron chi connectivity index (χ3n) is 7.28. The second kappa shape index (κ2) is 9.31. The number of hydrogen-bond acceptors (Lipinski definition) is 8. The van der Waals surface area contributed by atoms with Gasteiger partial charge in [-0.3, -0.25) is 24.1 Å². The zero-order valence-electron chi connectivity index (χ0n) is 19.9. The predicted octanol–water partition coefficient (Wildman–Crippen LogP) is 3.09. The van der Waals surface area contributed by atoms with Crippen LogP contribution in [-0.2, 0) is 19.2 Å². The molecule has 1 saturated heterocycles. The summed E-state index contributed by atoms with van der Waals surface area (Å²) in [7, 11) is 2.52. The average Bonchev–Trinajstić information content (AvgIpc) is 2.93. The van der Waals surface area contributed by atoms with Crippen LogP contribution in [0.3, 0.4) is 0 Å². The third-order valence-corrected chi connectivity index (χ3v) is 8.10. The van der Waals surface area contributed by atoms with Crippen LogP contribution in [0.1, 0.15) is 13.3 Å². The van der Waals surface area contributed by atoms with Crippen LogP contribution in [-0.4, -0.2) is 59.8 Å². The standard InChI is InChI=1S/C25H20Cl2N4O6/c1-4-16-15-10-14(22(34)30(2)36-3)19(31(16)23(35)37-13-8-6-5-7-9-13)25(12-29)21(33)18(27)17(26)20(32)24(15,25)11-28/h5-10,15-16,19H,4H2,1-3H3/t15-,16-,19-,24+,25-/m0/s1. The highest BCUT2D eigenvalue weighted by Gasteiger charge is 2.80. The highest BCUT2D eigenvalue weighted by atomic mass is 35.5. The van der Waals surface area contributed by atoms with Gasteiger partial charge in [0.1, 0.15) is 15.8 Å². The number of Topliss-reactive ketones (excluding diaryl/α,β-unsaturated/α-hetero) is 2. The van der Waals surface area contributed by atoms with E-state index in [9.17, 15) is 29.7 Å². The lowest BCUT2D eigenvalue weighted by Crippen LogP contribution is -2.78. The van der Waals surface area contributed by atoms with Crippen molar-refractivity contribution in [1.82, 2.24) is 9.96 Å². The molecule has 0 saturated carbocycles. The van der Waals surface area contributed by atoms with Crippen molar-refractivity contribution >= 4 is 46.8 Å². The van der Waals surface area contributed by atoms with Crippen LogP contribution in [0.4, 0.5) is 4.79 Å². The summed E-state index contributed by atoms with van der Waals surface area (Å²) in [5.41, 5.74) is -5.13. The number of piperidine rings is 1. The number of amides is 2. The number of allylic oxidation sites excluding steroid dienone is 2. The van der Waals surface area contributed by atoms with Crippen LogP contribution >= 0.6 is 23.2 Å². The SMILES string of the molecule is CC[C@H]1[C@@H]2C=C(C(=O)N(C)OC)[C@H](N1C(=O)Oc1ccccc1)[C@@]1(C#N)C(=O)C(Cl)=C(Cl)C(=O)[C@@]21C#N. The Morgan fingerprint density at radius 2 is 1.65 bits per heavy atom. The average molecular weight is 543 g/mol. The van der Waals surface area contributed by atoms with E-state index in [1.165, 1.54) is 32.4 Å². The number of ether oxygens (including phenoxy) is 1. The molecule has 5 atom stereocenters. The molecule has 1 aromatic carbocycles. The molecule has 1 fully saturated rings. The molecule has 10 nitrogen and oxygen atoms in total. The van der Waals surface area contributed by atoms with E-state index in [0.717, 1.165) is 9.96 Å². The number of rotatable bonds is 4. The lowest BCUT2D eigenvalue weighted by atomic mass is 9.42. The Morgan fingerprint density at radius 1 is 1.08 bits per heavy atom. The third kappa shape index (κ3) is 3.27. The molecule has 0 N–H and O–H groups in total. The number of likely N-dealkylation sites (N-methyl/N-ethyl adjacent to an activating group) is 1. The summed E-state index contributed by atoms with van der Waals surface area (Å²) in [6, 6.07) is 9.14. The van der Waals surface area contributed by atoms with Gasteiger partial charge < -0.3 is 4.74 Å². The van der Waals surface area contributed by atoms with Crippen LogP contribution in [0.5, 0.6) is 5.75 Å². The second-order valence-corrected chi connectivity index (χ2v) is 9.48. The minimum atomic E-state index is -2.59. The molecule has 2 bridgehead atoms. The molecule has 0 radical (unpaired) electrons. The Balaban J connectivity index is 2.05. The van der Waals surface area contributed by atoms with E-state index in [4.69, 9.17) is 32.8 Å². The predicted molar refractivity (Wildman–Crippen MR) is 128 cm³/mol. The number of nitrogens with zero attached hydrogens (tertiary/aromatic N) is 4. The van der Waals surface area contributed by atoms with Crippen LogP contribution in [0.15, 0.2) is 52.0 Å². The maximum Gasteiger partial charge on any atom is 0.416 e. The smallest absolute Gasteiger partial charge is 0.410 e. The molecule has 0 unspecified atom stereocenters. The van der Waals surface area contributed by atoms with Crippen molar-refractivity contribution in [2.75, 3.05) is 14.2 Å². The number of hydrogen-bond donors (Lipinski definition) is 0. The number of nitriles is 2. The number of benzene rings is 1. The number of carbonyl (C=O) groups is 4. The first-order valence-electron chi connectivity index (χ1n) is 11.1. The number of ketones is 2. The van der Waals surface area contributed by atoms with Gasteiger partial charge in [-0.1, -0.05) is 54.4 Å². The van der Waals surface area contributed by atoms with Crippen molar-refractivity contribution in [2.24, 2.45) is 16.7 Å². The van der Waals surface area contributed by atoms with Gasteiger partial charge in [0.25, 0.3) is 5.91 Å². The van der Waals surface area contributed by atoms with E-state index in [0.29, 0.717) is 0 Å². The Bertz CT molecular complexity index is 1360. The van der Waals surface area contributed by atoms with Gasteiger partial charge in [0.05, 0.1) is 25.3 Å². The molecule has 12 heteroatoms. The molecule has 37 heavy (non-hydrogen) atoms. The normalized spacial score (nSPS) is 30.2. The fourth-order valence-electron chi connectivity index (χ4n) is 5.62. The number of para-hydroxylation sites is 1. The summed E-state index contributed by atoms with van der Waals surface area (Å²) >= 11 is 12.3. The molecular weight excluding hydrogens is 523 g/mol. The zero-order chi connectivity index (χ0) is 27.3. The Morgan fingerprint density at radius 3 is 2.16 bits per heavy atom. The first kappa shape index (κ1) is 26.4. The summed E-state index contributed by atoms with van der Waals surface area (Å²) in [6.45, 7) is 1.70. The lowest BCUT2D eigenvalue weighted by Gasteiger charge is -2.62. The quantitative estimate of drug-likeness (QED) is 0.528. The van der Waals surface area contributed by atoms with E-state index in [2.05, 4.69) is 0 Å². The van der Waals surface area contributed by atoms with Gasteiger partial charge in [0, 0.05) is 24.6 Å². The van der Waals surface area contributed by atoms with Gasteiger partial charge in [-0.25, -0.2) is 9.86 Å². The first-order chi connectivity index (χ1) is 17.6. The lowest BCUT2D eigenvalue weighted by molar-refractivity contribution is -0.171. The van der Waals surface area contributed by atoms with Gasteiger partial charge in [-0.2, -0.15) is 10.5 Å². The van der Waals surface area contributed by atoms with Gasteiger partial charge in [0.15, 0.2) is 16.6 Å². The highest BCUT2D eigenvalue weighted by molar-refractivity contribution is 6.57. The molecule has 190 valence electrons. The summed E-state index contributed by atoms with van der Waals surface area (Å²) < 4.78 is 5.54. The fourth-order valence-corrected chi connectivity index (χ4v) is 6.09. The number of fused-ring (bicyclic) bond motifs is 1. The number of carbonyl (C=O) groups excluding carboxylic acids is 4. The minimum absolute atomic E-state index is 0.166. The van der Waals surface area contributed by atoms with Gasteiger partial charge in [-0.05, 0) is 18.6 Å². The van der Waals surface area contributed by atoms with Gasteiger partial charge >= 0.3 is 6.09 Å². The van der Waals surface area contributed by atoms with Gasteiger partial charge in [-0.15, -0.1) is 0 Å². The van der Waals surface area contributed by atoms with Crippen molar-refractivity contribution in [3.05, 3.63) is 52.0 Å². The molecule has 4 aliphatic rings. The monoisotopic (exact) mass is 542 g/mol. The maximum absolute atomic E-state index is 13.8. The van der Waals surface area contributed by atoms with Crippen LogP contribution in [0.2, 0.25) is 0 Å². The molecule has 2 aliphatic heterocycles. The topological polar surface area (TPSA) is 141 Å². The van der Waals surface area contributed by atoms with Gasteiger partial charge in [0.2, 0.25) is 5.78 Å². The Labute approximate surface area is 222 Å². The van der Waals surface area contributed by atoms with E-state index in [1.54, 1.807) is 25.1 Å². The zero-order valence-corrected chi connectivity index (χ0v) is 21.4. The molecule has 0 aromatic heterocycles. The largest absolute Gasteiger partial charge is 0.416 e. The summed E-state index contributed by atoms with van der Waals surface area (Å²) in [4.78, 5) is 60.6. The van der Waals surface area contributed by atoms with Crippen molar-refractivity contribution in [2.45, 2.75) is 25.4 Å². The minimum Gasteiger partial charge on any atom is -0.410 e. The first-order valence-corrected chi connectivity index (χ1v) is 11.9. The Hall–Kier alpha value is -3.70. The van der Waals surface area contributed by atoms with Crippen LogP contribution in [0, 0.1) is 39.4 Å². The molecule has 0 spiro atoms. The van der Waals surface area contributed by atoms with E-state index in [1.807, 2.05) is 12.1 Å². The van der Waals surface area contributed by atoms with E-state index >= 15 is 0 Å². The summed E-state index contributed by atoms with van der Waals surface area (Å²) in [5, 5.41) is 20.5. The Kier molecular flexibility index (Phi) is 6.63. The number of halogens is 2. The van der Waals surface area contributed by atoms with Crippen molar-refractivity contribution in [1.29, 1.82) is 10.5 Å². The van der Waals surface area contributed by atoms with E-state index in [-0.39, 0.29) is 17.7 Å².